The van der Waals surface area contributed by atoms with Gasteiger partial charge in [0.2, 0.25) is 0 Å². The average molecular weight is 297 g/mol. The molecule has 0 aliphatic carbocycles. The van der Waals surface area contributed by atoms with Gasteiger partial charge in [0, 0.05) is 6.42 Å². The average Bonchev–Trinajstić information content (AvgIpc) is 2.35. The molecule has 5 heteroatoms. The highest BCUT2D eigenvalue weighted by Gasteiger charge is 2.36. The predicted molar refractivity (Wildman–Crippen MR) is 83.3 cm³/mol. The van der Waals surface area contributed by atoms with Crippen LogP contribution >= 0.6 is 11.8 Å². The minimum atomic E-state index is -1.67. The van der Waals surface area contributed by atoms with Crippen LogP contribution in [0.2, 0.25) is 0 Å². The Morgan fingerprint density at radius 2 is 1.85 bits per heavy atom. The first kappa shape index (κ1) is 16.9. The molecule has 4 nitrogen and oxygen atoms in total. The lowest BCUT2D eigenvalue weighted by molar-refractivity contribution is -0.155. The summed E-state index contributed by atoms with van der Waals surface area (Å²) in [6.45, 7) is 6.35. The van der Waals surface area contributed by atoms with E-state index in [1.54, 1.807) is 12.1 Å². The van der Waals surface area contributed by atoms with Crippen molar-refractivity contribution in [3.05, 3.63) is 29.8 Å². The van der Waals surface area contributed by atoms with E-state index in [4.69, 9.17) is 10.5 Å². The molecule has 0 fully saturated rings. The Morgan fingerprint density at radius 1 is 1.30 bits per heavy atom. The molecule has 0 radical (unpaired) electrons. The molecule has 1 atom stereocenters. The van der Waals surface area contributed by atoms with Gasteiger partial charge in [0.1, 0.15) is 5.75 Å². The van der Waals surface area contributed by atoms with Gasteiger partial charge in [0.15, 0.2) is 0 Å². The third kappa shape index (κ3) is 4.42. The van der Waals surface area contributed by atoms with E-state index in [-0.39, 0.29) is 11.8 Å². The van der Waals surface area contributed by atoms with Gasteiger partial charge in [-0.1, -0.05) is 32.9 Å². The number of rotatable bonds is 6. The van der Waals surface area contributed by atoms with Crippen molar-refractivity contribution in [2.45, 2.75) is 38.3 Å². The van der Waals surface area contributed by atoms with Gasteiger partial charge in [-0.3, -0.25) is 5.73 Å². The summed E-state index contributed by atoms with van der Waals surface area (Å²) in [5.41, 5.74) is 5.38. The molecule has 0 aromatic heterocycles. The van der Waals surface area contributed by atoms with E-state index < -0.39 is 11.7 Å². The first-order chi connectivity index (χ1) is 9.19. The highest BCUT2D eigenvalue weighted by Crippen LogP contribution is 2.26. The van der Waals surface area contributed by atoms with Crippen molar-refractivity contribution in [2.24, 2.45) is 5.73 Å². The molecule has 0 spiro atoms. The highest BCUT2D eigenvalue weighted by molar-refractivity contribution is 7.98. The third-order valence-electron chi connectivity index (χ3n) is 3.06. The fraction of sp³-hybridized carbons (Fsp3) is 0.533. The van der Waals surface area contributed by atoms with E-state index in [0.717, 1.165) is 5.56 Å². The van der Waals surface area contributed by atoms with Crippen LogP contribution in [0.15, 0.2) is 24.3 Å². The number of carbonyl (C=O) groups is 1. The number of aliphatic carboxylic acids is 1. The summed E-state index contributed by atoms with van der Waals surface area (Å²) in [6.07, 6.45) is 2.16. The van der Waals surface area contributed by atoms with E-state index >= 15 is 0 Å². The molecule has 0 bridgehead atoms. The van der Waals surface area contributed by atoms with Crippen LogP contribution in [0.3, 0.4) is 0 Å². The van der Waals surface area contributed by atoms with Crippen LogP contribution in [0.5, 0.6) is 5.75 Å². The molecular formula is C15H23NO3S. The lowest BCUT2D eigenvalue weighted by Gasteiger charge is -2.26. The van der Waals surface area contributed by atoms with Crippen LogP contribution in [0.1, 0.15) is 32.8 Å². The van der Waals surface area contributed by atoms with Crippen molar-refractivity contribution in [3.63, 3.8) is 0 Å². The molecule has 0 heterocycles. The van der Waals surface area contributed by atoms with Crippen LogP contribution in [-0.4, -0.2) is 28.8 Å². The van der Waals surface area contributed by atoms with Crippen LogP contribution in [0.4, 0.5) is 0 Å². The lowest BCUT2D eigenvalue weighted by atomic mass is 9.87. The first-order valence-corrected chi connectivity index (χ1v) is 7.89. The van der Waals surface area contributed by atoms with Gasteiger partial charge < -0.3 is 9.84 Å². The van der Waals surface area contributed by atoms with Gasteiger partial charge in [0.05, 0.1) is 0 Å². The van der Waals surface area contributed by atoms with Crippen LogP contribution in [0.25, 0.3) is 0 Å². The molecule has 0 saturated carbocycles. The molecule has 0 aliphatic rings. The van der Waals surface area contributed by atoms with Crippen molar-refractivity contribution < 1.29 is 14.6 Å². The standard InChI is InChI=1S/C15H23NO3S/c1-14(2,3)11-5-7-12(8-6-11)19-15(16,13(17)18)9-10-20-4/h5-8H,9-10,16H2,1-4H3,(H,17,18). The molecule has 0 aliphatic heterocycles. The maximum atomic E-state index is 11.3. The minimum Gasteiger partial charge on any atom is -0.477 e. The topological polar surface area (TPSA) is 72.5 Å². The molecule has 1 unspecified atom stereocenters. The number of benzene rings is 1. The van der Waals surface area contributed by atoms with Crippen LogP contribution in [0, 0.1) is 0 Å². The molecule has 1 aromatic rings. The fourth-order valence-electron chi connectivity index (χ4n) is 1.69. The third-order valence-corrected chi connectivity index (χ3v) is 3.67. The second kappa shape index (κ2) is 6.50. The molecule has 112 valence electrons. The first-order valence-electron chi connectivity index (χ1n) is 6.50. The van der Waals surface area contributed by atoms with Gasteiger partial charge in [0.25, 0.3) is 5.72 Å². The summed E-state index contributed by atoms with van der Waals surface area (Å²) in [5.74, 6) is -0.0430. The van der Waals surface area contributed by atoms with Crippen molar-refractivity contribution in [1.82, 2.24) is 0 Å². The maximum Gasteiger partial charge on any atom is 0.363 e. The van der Waals surface area contributed by atoms with Crippen molar-refractivity contribution in [3.8, 4) is 5.75 Å². The summed E-state index contributed by atoms with van der Waals surface area (Å²) in [4.78, 5) is 11.3. The summed E-state index contributed by atoms with van der Waals surface area (Å²) in [6, 6.07) is 7.41. The Hall–Kier alpha value is -1.20. The summed E-state index contributed by atoms with van der Waals surface area (Å²) in [5, 5.41) is 9.25. The number of thioether (sulfide) groups is 1. The second-order valence-corrected chi connectivity index (χ2v) is 6.80. The van der Waals surface area contributed by atoms with Gasteiger partial charge in [-0.2, -0.15) is 11.8 Å². The second-order valence-electron chi connectivity index (χ2n) is 5.81. The monoisotopic (exact) mass is 297 g/mol. The molecule has 20 heavy (non-hydrogen) atoms. The Kier molecular flexibility index (Phi) is 5.48. The van der Waals surface area contributed by atoms with Gasteiger partial charge >= 0.3 is 5.97 Å². The molecule has 1 rings (SSSR count). The van der Waals surface area contributed by atoms with E-state index in [0.29, 0.717) is 11.5 Å². The van der Waals surface area contributed by atoms with Crippen molar-refractivity contribution in [2.75, 3.05) is 12.0 Å². The number of carboxylic acid groups (broad SMARTS) is 1. The van der Waals surface area contributed by atoms with Gasteiger partial charge in [-0.15, -0.1) is 0 Å². The largest absolute Gasteiger partial charge is 0.477 e. The number of carboxylic acids is 1. The fourth-order valence-corrected chi connectivity index (χ4v) is 2.20. The Balaban J connectivity index is 2.87. The van der Waals surface area contributed by atoms with E-state index in [2.05, 4.69) is 20.8 Å². The molecule has 3 N–H and O–H groups in total. The Bertz CT molecular complexity index is 453. The van der Waals surface area contributed by atoms with Crippen molar-refractivity contribution >= 4 is 17.7 Å². The molecule has 0 amide bonds. The SMILES string of the molecule is CSCCC(N)(Oc1ccc(C(C)(C)C)cc1)C(=O)O. The van der Waals surface area contributed by atoms with Crippen LogP contribution in [-0.2, 0) is 10.2 Å². The van der Waals surface area contributed by atoms with Gasteiger partial charge in [-0.05, 0) is 35.1 Å². The zero-order chi connectivity index (χ0) is 15.4. The molecule has 1 aromatic carbocycles. The summed E-state index contributed by atoms with van der Waals surface area (Å²) in [7, 11) is 0. The number of ether oxygens (including phenoxy) is 1. The van der Waals surface area contributed by atoms with Crippen LogP contribution < -0.4 is 10.5 Å². The molecular weight excluding hydrogens is 274 g/mol. The zero-order valence-electron chi connectivity index (χ0n) is 12.5. The number of hydrogen-bond donors (Lipinski definition) is 2. The predicted octanol–water partition coefficient (Wildman–Crippen LogP) is 2.86. The Morgan fingerprint density at radius 3 is 2.25 bits per heavy atom. The highest BCUT2D eigenvalue weighted by atomic mass is 32.2. The van der Waals surface area contributed by atoms with E-state index in [9.17, 15) is 9.90 Å². The number of nitrogens with two attached hydrogens (primary N) is 1. The Labute approximate surface area is 124 Å². The van der Waals surface area contributed by atoms with E-state index in [1.807, 2.05) is 18.4 Å². The van der Waals surface area contributed by atoms with Gasteiger partial charge in [-0.25, -0.2) is 4.79 Å². The smallest absolute Gasteiger partial charge is 0.363 e. The maximum absolute atomic E-state index is 11.3. The zero-order valence-corrected chi connectivity index (χ0v) is 13.3. The summed E-state index contributed by atoms with van der Waals surface area (Å²) < 4.78 is 5.50. The lowest BCUT2D eigenvalue weighted by Crippen LogP contribution is -2.53. The minimum absolute atomic E-state index is 0.0456. The summed E-state index contributed by atoms with van der Waals surface area (Å²) >= 11 is 1.54. The van der Waals surface area contributed by atoms with Crippen molar-refractivity contribution in [1.29, 1.82) is 0 Å². The van der Waals surface area contributed by atoms with E-state index in [1.165, 1.54) is 11.8 Å². The quantitative estimate of drug-likeness (QED) is 0.790. The number of hydrogen-bond acceptors (Lipinski definition) is 4. The normalized spacial score (nSPS) is 14.7. The molecule has 0 saturated heterocycles.